The first kappa shape index (κ1) is 13.8. The average molecular weight is 294 g/mol. The molecule has 0 saturated carbocycles. The predicted octanol–water partition coefficient (Wildman–Crippen LogP) is 3.99. The first-order valence-electron chi connectivity index (χ1n) is 7.25. The van der Waals surface area contributed by atoms with Gasteiger partial charge in [-0.2, -0.15) is 12.6 Å². The van der Waals surface area contributed by atoms with Gasteiger partial charge in [0.25, 0.3) is 0 Å². The van der Waals surface area contributed by atoms with Crippen LogP contribution in [0.5, 0.6) is 0 Å². The fraction of sp³-hybridized carbons (Fsp3) is 0.625. The first-order chi connectivity index (χ1) is 9.31. The maximum atomic E-state index is 5.50. The Morgan fingerprint density at radius 3 is 2.74 bits per heavy atom. The lowest BCUT2D eigenvalue weighted by atomic mass is 9.84. The number of ether oxygens (including phenoxy) is 1. The van der Waals surface area contributed by atoms with Crippen molar-refractivity contribution in [1.82, 2.24) is 0 Å². The molecule has 1 aliphatic heterocycles. The Hall–Kier alpha value is -0.120. The molecule has 1 aromatic carbocycles. The van der Waals surface area contributed by atoms with Crippen LogP contribution in [0.25, 0.3) is 0 Å². The quantitative estimate of drug-likeness (QED) is 0.664. The Morgan fingerprint density at radius 2 is 1.95 bits per heavy atom. The van der Waals surface area contributed by atoms with Gasteiger partial charge < -0.3 is 4.74 Å². The van der Waals surface area contributed by atoms with Crippen LogP contribution in [0.2, 0.25) is 0 Å². The number of hydrogen-bond acceptors (Lipinski definition) is 3. The van der Waals surface area contributed by atoms with E-state index in [0.717, 1.165) is 31.8 Å². The molecule has 3 heteroatoms. The topological polar surface area (TPSA) is 9.23 Å². The molecule has 2 aliphatic rings. The van der Waals surface area contributed by atoms with Crippen LogP contribution in [-0.2, 0) is 17.6 Å². The van der Waals surface area contributed by atoms with Crippen molar-refractivity contribution in [2.75, 3.05) is 24.7 Å². The van der Waals surface area contributed by atoms with E-state index in [0.29, 0.717) is 5.41 Å². The molecule has 19 heavy (non-hydrogen) atoms. The Labute approximate surface area is 125 Å². The largest absolute Gasteiger partial charge is 0.381 e. The van der Waals surface area contributed by atoms with Crippen LogP contribution in [0.4, 0.5) is 0 Å². The van der Waals surface area contributed by atoms with E-state index >= 15 is 0 Å². The van der Waals surface area contributed by atoms with E-state index in [9.17, 15) is 0 Å². The molecule has 0 N–H and O–H groups in total. The second kappa shape index (κ2) is 6.11. The van der Waals surface area contributed by atoms with Gasteiger partial charge in [0.05, 0.1) is 0 Å². The van der Waals surface area contributed by atoms with Gasteiger partial charge in [0.2, 0.25) is 0 Å². The van der Waals surface area contributed by atoms with E-state index in [1.54, 1.807) is 11.1 Å². The van der Waals surface area contributed by atoms with Gasteiger partial charge in [-0.1, -0.05) is 6.07 Å². The summed E-state index contributed by atoms with van der Waals surface area (Å²) in [4.78, 5) is 1.44. The maximum Gasteiger partial charge on any atom is 0.0471 e. The van der Waals surface area contributed by atoms with Crippen LogP contribution in [0.15, 0.2) is 23.1 Å². The van der Waals surface area contributed by atoms with E-state index in [1.165, 1.54) is 29.9 Å². The number of thiol groups is 1. The molecule has 1 heterocycles. The Balaban J connectivity index is 1.65. The van der Waals surface area contributed by atoms with Crippen LogP contribution in [0, 0.1) is 5.41 Å². The summed E-state index contributed by atoms with van der Waals surface area (Å²) in [5.74, 6) is 2.16. The lowest BCUT2D eigenvalue weighted by molar-refractivity contribution is 0.0371. The fourth-order valence-corrected chi connectivity index (χ4v) is 4.86. The molecule has 0 amide bonds. The normalized spacial score (nSPS) is 21.3. The third-order valence-electron chi connectivity index (χ3n) is 4.50. The zero-order chi connectivity index (χ0) is 13.1. The van der Waals surface area contributed by atoms with Crippen LogP contribution in [-0.4, -0.2) is 24.7 Å². The smallest absolute Gasteiger partial charge is 0.0471 e. The van der Waals surface area contributed by atoms with Crippen molar-refractivity contribution < 1.29 is 4.74 Å². The minimum atomic E-state index is 0.380. The molecule has 1 aliphatic carbocycles. The van der Waals surface area contributed by atoms with E-state index in [-0.39, 0.29) is 0 Å². The second-order valence-electron chi connectivity index (χ2n) is 5.84. The number of thioether (sulfide) groups is 1. The van der Waals surface area contributed by atoms with Gasteiger partial charge in [-0.25, -0.2) is 0 Å². The lowest BCUT2D eigenvalue weighted by Gasteiger charge is -2.35. The highest BCUT2D eigenvalue weighted by Gasteiger charge is 2.31. The lowest BCUT2D eigenvalue weighted by Crippen LogP contribution is -2.33. The van der Waals surface area contributed by atoms with Crippen LogP contribution in [0.3, 0.4) is 0 Å². The minimum Gasteiger partial charge on any atom is -0.381 e. The van der Waals surface area contributed by atoms with E-state index in [1.807, 2.05) is 11.8 Å². The summed E-state index contributed by atoms with van der Waals surface area (Å²) in [5.41, 5.74) is 3.53. The summed E-state index contributed by atoms with van der Waals surface area (Å²) in [7, 11) is 0. The highest BCUT2D eigenvalue weighted by molar-refractivity contribution is 7.99. The summed E-state index contributed by atoms with van der Waals surface area (Å²) in [5, 5.41) is 0. The van der Waals surface area contributed by atoms with E-state index in [4.69, 9.17) is 4.74 Å². The molecule has 0 radical (unpaired) electrons. The Kier molecular flexibility index (Phi) is 4.45. The van der Waals surface area contributed by atoms with Crippen molar-refractivity contribution in [2.24, 2.45) is 5.41 Å². The van der Waals surface area contributed by atoms with Crippen LogP contribution in [0.1, 0.15) is 30.4 Å². The van der Waals surface area contributed by atoms with Crippen molar-refractivity contribution >= 4 is 24.4 Å². The molecule has 0 unspecified atom stereocenters. The zero-order valence-electron chi connectivity index (χ0n) is 11.4. The fourth-order valence-electron chi connectivity index (χ4n) is 3.03. The summed E-state index contributed by atoms with van der Waals surface area (Å²) < 4.78 is 5.50. The van der Waals surface area contributed by atoms with Crippen molar-refractivity contribution in [2.45, 2.75) is 37.0 Å². The van der Waals surface area contributed by atoms with Gasteiger partial charge in [0, 0.05) is 23.9 Å². The molecule has 0 bridgehead atoms. The van der Waals surface area contributed by atoms with Gasteiger partial charge in [0.1, 0.15) is 0 Å². The molecule has 0 spiro atoms. The minimum absolute atomic E-state index is 0.380. The van der Waals surface area contributed by atoms with Gasteiger partial charge in [-0.05, 0) is 66.5 Å². The molecular formula is C16H22OS2. The summed E-state index contributed by atoms with van der Waals surface area (Å²) in [6, 6.07) is 7.06. The van der Waals surface area contributed by atoms with Crippen molar-refractivity contribution in [3.63, 3.8) is 0 Å². The molecule has 3 rings (SSSR count). The molecule has 1 fully saturated rings. The Morgan fingerprint density at radius 1 is 1.16 bits per heavy atom. The van der Waals surface area contributed by atoms with E-state index in [2.05, 4.69) is 30.8 Å². The number of hydrogen-bond donors (Lipinski definition) is 1. The molecule has 1 aromatic rings. The Bertz CT molecular complexity index is 438. The second-order valence-corrected chi connectivity index (χ2v) is 7.21. The summed E-state index contributed by atoms with van der Waals surface area (Å²) in [6.45, 7) is 1.82. The molecule has 1 nitrogen and oxygen atoms in total. The van der Waals surface area contributed by atoms with Gasteiger partial charge in [-0.15, -0.1) is 11.8 Å². The maximum absolute atomic E-state index is 5.50. The zero-order valence-corrected chi connectivity index (χ0v) is 13.1. The summed E-state index contributed by atoms with van der Waals surface area (Å²) in [6.07, 6.45) is 6.21. The van der Waals surface area contributed by atoms with Crippen LogP contribution < -0.4 is 0 Å². The molecule has 1 saturated heterocycles. The molecule has 104 valence electrons. The van der Waals surface area contributed by atoms with Crippen molar-refractivity contribution in [3.8, 4) is 0 Å². The van der Waals surface area contributed by atoms with E-state index < -0.39 is 0 Å². The standard InChI is InChI=1S/C16H22OS2/c18-11-16(6-8-17-9-7-16)12-19-15-5-4-13-2-1-3-14(13)10-15/h4-5,10,18H,1-3,6-9,11-12H2. The molecular weight excluding hydrogens is 272 g/mol. The molecule has 0 aromatic heterocycles. The highest BCUT2D eigenvalue weighted by atomic mass is 32.2. The number of benzene rings is 1. The number of fused-ring (bicyclic) bond motifs is 1. The van der Waals surface area contributed by atoms with Gasteiger partial charge in [0.15, 0.2) is 0 Å². The van der Waals surface area contributed by atoms with Crippen LogP contribution >= 0.6 is 24.4 Å². The highest BCUT2D eigenvalue weighted by Crippen LogP contribution is 2.38. The summed E-state index contributed by atoms with van der Waals surface area (Å²) >= 11 is 6.60. The SMILES string of the molecule is SCC1(CSc2ccc3c(c2)CCC3)CCOCC1. The third-order valence-corrected chi connectivity index (χ3v) is 6.52. The van der Waals surface area contributed by atoms with Gasteiger partial charge >= 0.3 is 0 Å². The number of rotatable bonds is 4. The van der Waals surface area contributed by atoms with Gasteiger partial charge in [-0.3, -0.25) is 0 Å². The van der Waals surface area contributed by atoms with Crippen molar-refractivity contribution in [3.05, 3.63) is 29.3 Å². The monoisotopic (exact) mass is 294 g/mol. The van der Waals surface area contributed by atoms with Crippen molar-refractivity contribution in [1.29, 1.82) is 0 Å². The average Bonchev–Trinajstić information content (AvgIpc) is 2.93. The first-order valence-corrected chi connectivity index (χ1v) is 8.86. The third kappa shape index (κ3) is 3.14. The predicted molar refractivity (Wildman–Crippen MR) is 85.5 cm³/mol. The number of aryl methyl sites for hydroxylation is 2. The molecule has 0 atom stereocenters.